The van der Waals surface area contributed by atoms with Gasteiger partial charge in [0.1, 0.15) is 47.5 Å². The number of carboxylic acid groups (broad SMARTS) is 2. The Balaban J connectivity index is 1.55. The molecular weight excluding hydrogens is 863 g/mol. The average Bonchev–Trinajstić information content (AvgIpc) is 3.61. The fraction of sp³-hybridized carbons (Fsp3) is 0.450. The standard InChI is InChI=1S/C40H53N9O14S/c1-48(36(58)33(41)27(42-19-32(54)55)15-21-5-3-7-23(50)13-21)20-29(34(56)43-18-25-17-30(52)37(63-25)49-11-9-31(53)47-40(49)62)44-35(57)26(10-12-64-2)45-39(61)46-28(38(59)60)16-22-6-4-8-24(51)14-22/h3-8,13-14,18,26-30,33,37,42,50-52H,9-12,15-17,19-20,41H2,1-2H3,(H,43,56)(H,44,57)(H,54,55)(H,59,60)(H2,45,46,61)(H,47,53,62)/b25-18-/t26-,27?,28?,29?,30+,33-,37+/m0/s1. The van der Waals surface area contributed by atoms with E-state index in [0.717, 1.165) is 16.0 Å². The number of nitrogens with two attached hydrogens (primary N) is 1. The fourth-order valence-corrected chi connectivity index (χ4v) is 7.22. The lowest BCUT2D eigenvalue weighted by molar-refractivity contribution is -0.139. The van der Waals surface area contributed by atoms with Gasteiger partial charge in [-0.25, -0.2) is 14.4 Å². The highest BCUT2D eigenvalue weighted by molar-refractivity contribution is 7.98. The molecule has 2 aromatic rings. The molecule has 2 aliphatic rings. The van der Waals surface area contributed by atoms with Crippen molar-refractivity contribution in [3.05, 3.63) is 71.6 Å². The number of likely N-dealkylation sites (N-methyl/N-ethyl adjacent to an activating group) is 1. The molecule has 0 aromatic heterocycles. The maximum absolute atomic E-state index is 14.0. The number of hydrogen-bond donors (Lipinski definition) is 12. The first kappa shape index (κ1) is 50.0. The highest BCUT2D eigenvalue weighted by atomic mass is 32.2. The van der Waals surface area contributed by atoms with Crippen LogP contribution in [0.15, 0.2) is 60.5 Å². The number of nitrogens with one attached hydrogen (secondary N) is 6. The summed E-state index contributed by atoms with van der Waals surface area (Å²) < 4.78 is 5.73. The number of imide groups is 1. The summed E-state index contributed by atoms with van der Waals surface area (Å²) in [6.07, 6.45) is -0.0528. The molecule has 7 atom stereocenters. The van der Waals surface area contributed by atoms with Crippen molar-refractivity contribution in [1.29, 1.82) is 0 Å². The molecule has 348 valence electrons. The summed E-state index contributed by atoms with van der Waals surface area (Å²) in [6, 6.07) is 3.11. The lowest BCUT2D eigenvalue weighted by atomic mass is 9.98. The van der Waals surface area contributed by atoms with E-state index in [1.807, 2.05) is 0 Å². The van der Waals surface area contributed by atoms with Crippen LogP contribution in [0, 0.1) is 0 Å². The van der Waals surface area contributed by atoms with Crippen LogP contribution in [0.1, 0.15) is 30.4 Å². The molecule has 2 fully saturated rings. The Labute approximate surface area is 371 Å². The molecule has 8 amide bonds. The first-order valence-electron chi connectivity index (χ1n) is 19.9. The quantitative estimate of drug-likeness (QED) is 0.0612. The van der Waals surface area contributed by atoms with Gasteiger partial charge in [-0.2, -0.15) is 11.8 Å². The number of aliphatic hydroxyl groups is 1. The second-order valence-corrected chi connectivity index (χ2v) is 16.0. The van der Waals surface area contributed by atoms with Crippen molar-refractivity contribution < 1.29 is 68.6 Å². The third-order valence-corrected chi connectivity index (χ3v) is 10.7. The van der Waals surface area contributed by atoms with Gasteiger partial charge in [0, 0.05) is 51.6 Å². The molecule has 3 unspecified atom stereocenters. The minimum absolute atomic E-state index is 0.000297. The van der Waals surface area contributed by atoms with E-state index in [0.29, 0.717) is 16.9 Å². The molecule has 2 saturated heterocycles. The van der Waals surface area contributed by atoms with Crippen molar-refractivity contribution >= 4 is 59.4 Å². The summed E-state index contributed by atoms with van der Waals surface area (Å²) in [5, 5.41) is 64.3. The van der Waals surface area contributed by atoms with Crippen LogP contribution in [-0.4, -0.2) is 164 Å². The number of phenolic OH excluding ortho intramolecular Hbond substituents is 2. The van der Waals surface area contributed by atoms with E-state index < -0.39 is 103 Å². The molecule has 0 saturated carbocycles. The van der Waals surface area contributed by atoms with Gasteiger partial charge in [0.2, 0.25) is 29.9 Å². The van der Waals surface area contributed by atoms with Gasteiger partial charge in [0.15, 0.2) is 0 Å². The van der Waals surface area contributed by atoms with Gasteiger partial charge in [-0.15, -0.1) is 0 Å². The fourth-order valence-electron chi connectivity index (χ4n) is 6.75. The molecule has 0 radical (unpaired) electrons. The first-order chi connectivity index (χ1) is 30.3. The Morgan fingerprint density at radius 1 is 0.953 bits per heavy atom. The minimum atomic E-state index is -1.60. The zero-order chi connectivity index (χ0) is 47.1. The largest absolute Gasteiger partial charge is 0.508 e. The highest BCUT2D eigenvalue weighted by Gasteiger charge is 2.41. The number of aromatic hydroxyl groups is 2. The van der Waals surface area contributed by atoms with E-state index in [4.69, 9.17) is 10.5 Å². The van der Waals surface area contributed by atoms with E-state index in [9.17, 15) is 63.9 Å². The van der Waals surface area contributed by atoms with Crippen LogP contribution >= 0.6 is 11.8 Å². The van der Waals surface area contributed by atoms with Crippen LogP contribution in [0.2, 0.25) is 0 Å². The molecule has 0 spiro atoms. The minimum Gasteiger partial charge on any atom is -0.508 e. The number of carbonyl (C=O) groups excluding carboxylic acids is 6. The lowest BCUT2D eigenvalue weighted by Crippen LogP contribution is -2.60. The van der Waals surface area contributed by atoms with E-state index >= 15 is 0 Å². The Hall–Kier alpha value is -6.63. The predicted molar refractivity (Wildman–Crippen MR) is 227 cm³/mol. The lowest BCUT2D eigenvalue weighted by Gasteiger charge is -2.32. The summed E-state index contributed by atoms with van der Waals surface area (Å²) in [5.74, 6) is -5.64. The summed E-state index contributed by atoms with van der Waals surface area (Å²) in [5.41, 5.74) is 7.32. The molecule has 23 nitrogen and oxygen atoms in total. The molecule has 2 aromatic carbocycles. The molecule has 4 rings (SSSR count). The molecule has 2 aliphatic heterocycles. The SMILES string of the molecule is CSCC[C@H](NC(=O)NC(Cc1cccc(O)c1)C(=O)O)C(=O)NC(CN(C)C(=O)[C@@H](N)C(Cc1cccc(O)c1)NCC(=O)O)C(=O)N/C=C1/C[C@@H](O)[C@H](N2CCC(=O)NC2=O)O1. The molecular formula is C40H53N9O14S. The molecule has 0 aliphatic carbocycles. The van der Waals surface area contributed by atoms with Crippen molar-refractivity contribution in [2.75, 3.05) is 38.7 Å². The maximum atomic E-state index is 14.0. The molecule has 64 heavy (non-hydrogen) atoms. The van der Waals surface area contributed by atoms with Gasteiger partial charge in [-0.1, -0.05) is 24.3 Å². The van der Waals surface area contributed by atoms with Crippen molar-refractivity contribution in [3.8, 4) is 11.5 Å². The number of benzene rings is 2. The number of amides is 8. The normalized spacial score (nSPS) is 18.9. The zero-order valence-corrected chi connectivity index (χ0v) is 35.7. The number of nitrogens with zero attached hydrogens (tertiary/aromatic N) is 2. The molecule has 24 heteroatoms. The number of thioether (sulfide) groups is 1. The Morgan fingerprint density at radius 2 is 1.59 bits per heavy atom. The number of aliphatic hydroxyl groups excluding tert-OH is 1. The molecule has 2 heterocycles. The second kappa shape index (κ2) is 23.7. The maximum Gasteiger partial charge on any atom is 0.327 e. The van der Waals surface area contributed by atoms with Gasteiger partial charge in [-0.3, -0.25) is 34.2 Å². The van der Waals surface area contributed by atoms with Crippen molar-refractivity contribution in [1.82, 2.24) is 41.7 Å². The average molecular weight is 916 g/mol. The van der Waals surface area contributed by atoms with Crippen LogP contribution in [0.25, 0.3) is 0 Å². The zero-order valence-electron chi connectivity index (χ0n) is 34.9. The summed E-state index contributed by atoms with van der Waals surface area (Å²) in [6.45, 7) is -1.17. The van der Waals surface area contributed by atoms with Gasteiger partial charge >= 0.3 is 24.0 Å². The van der Waals surface area contributed by atoms with Crippen LogP contribution in [0.3, 0.4) is 0 Å². The Morgan fingerprint density at radius 3 is 2.19 bits per heavy atom. The van der Waals surface area contributed by atoms with Crippen LogP contribution in [-0.2, 0) is 46.3 Å². The van der Waals surface area contributed by atoms with E-state index in [-0.39, 0.29) is 55.9 Å². The number of carboxylic acids is 2. The van der Waals surface area contributed by atoms with Crippen LogP contribution in [0.5, 0.6) is 11.5 Å². The topological polar surface area (TPSA) is 352 Å². The van der Waals surface area contributed by atoms with Crippen molar-refractivity contribution in [2.24, 2.45) is 5.73 Å². The van der Waals surface area contributed by atoms with Gasteiger partial charge < -0.3 is 67.5 Å². The highest BCUT2D eigenvalue weighted by Crippen LogP contribution is 2.27. The molecule has 0 bridgehead atoms. The van der Waals surface area contributed by atoms with Crippen LogP contribution in [0.4, 0.5) is 9.59 Å². The van der Waals surface area contributed by atoms with Gasteiger partial charge in [0.05, 0.1) is 6.54 Å². The third kappa shape index (κ3) is 15.0. The number of hydrogen-bond acceptors (Lipinski definition) is 15. The van der Waals surface area contributed by atoms with E-state index in [1.54, 1.807) is 24.5 Å². The number of carbonyl (C=O) groups is 8. The Kier molecular flexibility index (Phi) is 18.5. The monoisotopic (exact) mass is 915 g/mol. The van der Waals surface area contributed by atoms with Gasteiger partial charge in [-0.05, 0) is 60.2 Å². The van der Waals surface area contributed by atoms with E-state index in [1.165, 1.54) is 49.1 Å². The summed E-state index contributed by atoms with van der Waals surface area (Å²) in [7, 11) is 1.28. The predicted octanol–water partition coefficient (Wildman–Crippen LogP) is -1.92. The third-order valence-electron chi connectivity index (χ3n) is 10.0. The molecule has 13 N–H and O–H groups in total. The van der Waals surface area contributed by atoms with Gasteiger partial charge in [0.25, 0.3) is 0 Å². The smallest absolute Gasteiger partial charge is 0.327 e. The first-order valence-corrected chi connectivity index (χ1v) is 21.3. The van der Waals surface area contributed by atoms with E-state index in [2.05, 4.69) is 31.9 Å². The number of rotatable bonds is 22. The second-order valence-electron chi connectivity index (χ2n) is 15.0. The number of ether oxygens (including phenoxy) is 1. The Bertz CT molecular complexity index is 2080. The summed E-state index contributed by atoms with van der Waals surface area (Å²) >= 11 is 1.32. The number of aliphatic carboxylic acids is 2. The number of phenols is 2. The summed E-state index contributed by atoms with van der Waals surface area (Å²) in [4.78, 5) is 105. The van der Waals surface area contributed by atoms with Crippen molar-refractivity contribution in [3.63, 3.8) is 0 Å². The number of urea groups is 2. The van der Waals surface area contributed by atoms with Crippen molar-refractivity contribution in [2.45, 2.75) is 74.6 Å². The van der Waals surface area contributed by atoms with Crippen LogP contribution < -0.4 is 37.6 Å².